The molecule has 1 N–H and O–H groups in total. The Morgan fingerprint density at radius 3 is 2.25 bits per heavy atom. The number of hydrogen-bond donors (Lipinski definition) is 1. The maximum Gasteiger partial charge on any atom is 0.305 e. The van der Waals surface area contributed by atoms with E-state index in [-0.39, 0.29) is 10.3 Å². The summed E-state index contributed by atoms with van der Waals surface area (Å²) in [5.41, 5.74) is 3.47. The van der Waals surface area contributed by atoms with Crippen LogP contribution >= 0.6 is 11.3 Å². The third-order valence-corrected chi connectivity index (χ3v) is 4.09. The van der Waals surface area contributed by atoms with Gasteiger partial charge in [0.25, 0.3) is 0 Å². The van der Waals surface area contributed by atoms with E-state index in [9.17, 15) is 4.79 Å². The van der Waals surface area contributed by atoms with Gasteiger partial charge < -0.3 is 9.88 Å². The van der Waals surface area contributed by atoms with E-state index in [0.29, 0.717) is 0 Å². The van der Waals surface area contributed by atoms with E-state index in [1.54, 1.807) is 0 Å². The molecule has 0 aliphatic carbocycles. The molecule has 0 unspecified atom stereocenters. The number of nitrogens with zero attached hydrogens (tertiary/aromatic N) is 1. The fourth-order valence-electron chi connectivity index (χ4n) is 2.13. The summed E-state index contributed by atoms with van der Waals surface area (Å²) in [7, 11) is 4.02. The standard InChI is InChI=1S/C16H22N2OS/c1-16(2,3)12-8-6-11(7-9-12)14-13(10-18(4)5)20-15(19)17-14/h6-9H,10H2,1-5H3,(H,17,19). The van der Waals surface area contributed by atoms with Gasteiger partial charge in [-0.05, 0) is 30.6 Å². The molecular weight excluding hydrogens is 268 g/mol. The zero-order valence-electron chi connectivity index (χ0n) is 12.8. The van der Waals surface area contributed by atoms with Crippen LogP contribution in [0.5, 0.6) is 0 Å². The monoisotopic (exact) mass is 290 g/mol. The number of aromatic amines is 1. The first-order valence-corrected chi connectivity index (χ1v) is 7.56. The molecule has 108 valence electrons. The SMILES string of the molecule is CN(C)Cc1sc(=O)[nH]c1-c1ccc(C(C)(C)C)cc1. The van der Waals surface area contributed by atoms with Crippen LogP contribution < -0.4 is 4.87 Å². The highest BCUT2D eigenvalue weighted by atomic mass is 32.1. The normalized spacial score (nSPS) is 12.1. The van der Waals surface area contributed by atoms with Crippen molar-refractivity contribution in [3.63, 3.8) is 0 Å². The maximum absolute atomic E-state index is 11.6. The predicted molar refractivity (Wildman–Crippen MR) is 86.5 cm³/mol. The second-order valence-corrected chi connectivity index (χ2v) is 7.45. The molecule has 4 heteroatoms. The lowest BCUT2D eigenvalue weighted by atomic mass is 9.86. The Morgan fingerprint density at radius 2 is 1.75 bits per heavy atom. The van der Waals surface area contributed by atoms with Crippen molar-refractivity contribution in [2.45, 2.75) is 32.7 Å². The first kappa shape index (κ1) is 15.0. The van der Waals surface area contributed by atoms with Crippen molar-refractivity contribution < 1.29 is 0 Å². The molecule has 20 heavy (non-hydrogen) atoms. The molecule has 0 saturated heterocycles. The van der Waals surface area contributed by atoms with Crippen LogP contribution in [0.15, 0.2) is 29.1 Å². The van der Waals surface area contributed by atoms with Gasteiger partial charge in [0, 0.05) is 11.4 Å². The van der Waals surface area contributed by atoms with E-state index < -0.39 is 0 Å². The van der Waals surface area contributed by atoms with Gasteiger partial charge in [-0.15, -0.1) is 0 Å². The average molecular weight is 290 g/mol. The van der Waals surface area contributed by atoms with Gasteiger partial charge in [0.05, 0.1) is 5.69 Å². The Kier molecular flexibility index (Phi) is 4.16. The quantitative estimate of drug-likeness (QED) is 0.939. The third-order valence-electron chi connectivity index (χ3n) is 3.22. The number of rotatable bonds is 3. The minimum Gasteiger partial charge on any atom is -0.312 e. The van der Waals surface area contributed by atoms with E-state index >= 15 is 0 Å². The molecule has 0 amide bonds. The van der Waals surface area contributed by atoms with Crippen LogP contribution in [0.3, 0.4) is 0 Å². The molecule has 0 saturated carbocycles. The van der Waals surface area contributed by atoms with Crippen LogP contribution in [0, 0.1) is 0 Å². The summed E-state index contributed by atoms with van der Waals surface area (Å²) < 4.78 is 0. The van der Waals surface area contributed by atoms with Crippen LogP contribution in [0.4, 0.5) is 0 Å². The topological polar surface area (TPSA) is 36.1 Å². The molecule has 0 radical (unpaired) electrons. The summed E-state index contributed by atoms with van der Waals surface area (Å²) in [5, 5.41) is 0. The lowest BCUT2D eigenvalue weighted by Crippen LogP contribution is -2.11. The molecule has 1 heterocycles. The van der Waals surface area contributed by atoms with Gasteiger partial charge in [-0.25, -0.2) is 0 Å². The van der Waals surface area contributed by atoms with Crippen molar-refractivity contribution in [3.8, 4) is 11.3 Å². The Hall–Kier alpha value is -1.39. The molecular formula is C16H22N2OS. The van der Waals surface area contributed by atoms with Gasteiger partial charge in [0.1, 0.15) is 0 Å². The molecule has 2 aromatic rings. The zero-order chi connectivity index (χ0) is 14.9. The first-order chi connectivity index (χ1) is 9.27. The van der Waals surface area contributed by atoms with Crippen molar-refractivity contribution in [1.29, 1.82) is 0 Å². The smallest absolute Gasteiger partial charge is 0.305 e. The summed E-state index contributed by atoms with van der Waals surface area (Å²) in [5.74, 6) is 0. The molecule has 0 spiro atoms. The van der Waals surface area contributed by atoms with Gasteiger partial charge in [-0.2, -0.15) is 0 Å². The van der Waals surface area contributed by atoms with Crippen LogP contribution in [0.25, 0.3) is 11.3 Å². The molecule has 0 fully saturated rings. The number of H-pyrrole nitrogens is 1. The number of benzene rings is 1. The summed E-state index contributed by atoms with van der Waals surface area (Å²) in [6.45, 7) is 7.38. The molecule has 1 aromatic heterocycles. The van der Waals surface area contributed by atoms with Crippen molar-refractivity contribution in [2.75, 3.05) is 14.1 Å². The van der Waals surface area contributed by atoms with Gasteiger partial charge in [0.15, 0.2) is 0 Å². The van der Waals surface area contributed by atoms with Crippen LogP contribution in [0.1, 0.15) is 31.2 Å². The van der Waals surface area contributed by atoms with E-state index in [2.05, 4.69) is 54.9 Å². The average Bonchev–Trinajstić information content (AvgIpc) is 2.68. The molecule has 0 aliphatic rings. The minimum atomic E-state index is 0.0109. The largest absolute Gasteiger partial charge is 0.312 e. The summed E-state index contributed by atoms with van der Waals surface area (Å²) in [6, 6.07) is 8.48. The molecule has 0 atom stereocenters. The fraction of sp³-hybridized carbons (Fsp3) is 0.438. The molecule has 2 rings (SSSR count). The lowest BCUT2D eigenvalue weighted by Gasteiger charge is -2.19. The Bertz CT molecular complexity index is 630. The van der Waals surface area contributed by atoms with Gasteiger partial charge in [-0.1, -0.05) is 56.4 Å². The van der Waals surface area contributed by atoms with E-state index in [1.165, 1.54) is 16.9 Å². The first-order valence-electron chi connectivity index (χ1n) is 6.75. The second kappa shape index (κ2) is 5.54. The Labute approximate surface area is 124 Å². The zero-order valence-corrected chi connectivity index (χ0v) is 13.6. The summed E-state index contributed by atoms with van der Waals surface area (Å²) in [4.78, 5) is 17.8. The number of thiazole rings is 1. The minimum absolute atomic E-state index is 0.0109. The van der Waals surface area contributed by atoms with Crippen molar-refractivity contribution in [1.82, 2.24) is 9.88 Å². The van der Waals surface area contributed by atoms with Crippen LogP contribution in [0.2, 0.25) is 0 Å². The Balaban J connectivity index is 2.39. The lowest BCUT2D eigenvalue weighted by molar-refractivity contribution is 0.406. The highest BCUT2D eigenvalue weighted by Crippen LogP contribution is 2.28. The second-order valence-electron chi connectivity index (χ2n) is 6.38. The van der Waals surface area contributed by atoms with Crippen molar-refractivity contribution in [2.24, 2.45) is 0 Å². The fourth-order valence-corrected chi connectivity index (χ4v) is 3.10. The summed E-state index contributed by atoms with van der Waals surface area (Å²) in [6.07, 6.45) is 0. The molecule has 0 bridgehead atoms. The number of aromatic nitrogens is 1. The van der Waals surface area contributed by atoms with Crippen LogP contribution in [-0.2, 0) is 12.0 Å². The maximum atomic E-state index is 11.6. The van der Waals surface area contributed by atoms with Crippen LogP contribution in [-0.4, -0.2) is 24.0 Å². The van der Waals surface area contributed by atoms with Crippen molar-refractivity contribution >= 4 is 11.3 Å². The Morgan fingerprint density at radius 1 is 1.15 bits per heavy atom. The van der Waals surface area contributed by atoms with Gasteiger partial charge in [0.2, 0.25) is 0 Å². The van der Waals surface area contributed by atoms with E-state index in [0.717, 1.165) is 22.7 Å². The predicted octanol–water partition coefficient (Wildman–Crippen LogP) is 3.46. The molecule has 0 aliphatic heterocycles. The number of hydrogen-bond acceptors (Lipinski definition) is 3. The summed E-state index contributed by atoms with van der Waals surface area (Å²) >= 11 is 1.29. The van der Waals surface area contributed by atoms with E-state index in [4.69, 9.17) is 0 Å². The third kappa shape index (κ3) is 3.38. The van der Waals surface area contributed by atoms with Crippen molar-refractivity contribution in [3.05, 3.63) is 44.4 Å². The van der Waals surface area contributed by atoms with E-state index in [1.807, 2.05) is 14.1 Å². The molecule has 3 nitrogen and oxygen atoms in total. The highest BCUT2D eigenvalue weighted by molar-refractivity contribution is 7.09. The number of nitrogens with one attached hydrogen (secondary N) is 1. The van der Waals surface area contributed by atoms with Gasteiger partial charge in [-0.3, -0.25) is 4.79 Å². The molecule has 1 aromatic carbocycles. The highest BCUT2D eigenvalue weighted by Gasteiger charge is 2.15. The van der Waals surface area contributed by atoms with Gasteiger partial charge >= 0.3 is 4.87 Å².